The van der Waals surface area contributed by atoms with Gasteiger partial charge in [-0.1, -0.05) is 0 Å². The first kappa shape index (κ1) is 22.8. The van der Waals surface area contributed by atoms with E-state index in [0.717, 1.165) is 6.07 Å². The minimum atomic E-state index is -0.885. The van der Waals surface area contributed by atoms with E-state index in [1.165, 1.54) is 39.0 Å². The quantitative estimate of drug-likeness (QED) is 0.496. The molecule has 0 amide bonds. The summed E-state index contributed by atoms with van der Waals surface area (Å²) in [7, 11) is 2.53. The third-order valence-corrected chi connectivity index (χ3v) is 3.71. The first-order valence-electron chi connectivity index (χ1n) is 8.80. The zero-order valence-electron chi connectivity index (χ0n) is 16.7. The molecule has 1 heterocycles. The lowest BCUT2D eigenvalue weighted by molar-refractivity contribution is 0.204. The number of aliphatic imine (C=N–C) groups is 1. The summed E-state index contributed by atoms with van der Waals surface area (Å²) in [6, 6.07) is 1.12. The van der Waals surface area contributed by atoms with Crippen molar-refractivity contribution in [2.24, 2.45) is 10.7 Å². The molecule has 0 spiro atoms. The van der Waals surface area contributed by atoms with Crippen LogP contribution in [0.5, 0.6) is 17.2 Å². The maximum Gasteiger partial charge on any atom is 0.227 e. The summed E-state index contributed by atoms with van der Waals surface area (Å²) in [5.41, 5.74) is 5.57. The van der Waals surface area contributed by atoms with Gasteiger partial charge in [-0.25, -0.2) is 18.7 Å². The van der Waals surface area contributed by atoms with E-state index in [1.54, 1.807) is 6.92 Å². The summed E-state index contributed by atoms with van der Waals surface area (Å²) in [5, 5.41) is 12.0. The van der Waals surface area contributed by atoms with Gasteiger partial charge < -0.3 is 30.4 Å². The Morgan fingerprint density at radius 3 is 2.33 bits per heavy atom. The van der Waals surface area contributed by atoms with Gasteiger partial charge in [0.1, 0.15) is 6.61 Å². The van der Waals surface area contributed by atoms with E-state index in [4.69, 9.17) is 19.9 Å². The molecule has 4 N–H and O–H groups in total. The second-order valence-corrected chi connectivity index (χ2v) is 6.01. The fourth-order valence-electron chi connectivity index (χ4n) is 2.22. The van der Waals surface area contributed by atoms with Gasteiger partial charge in [0.25, 0.3) is 0 Å². The van der Waals surface area contributed by atoms with Crippen LogP contribution >= 0.6 is 0 Å². The number of hydrogen-bond donors (Lipinski definition) is 3. The molecule has 0 saturated carbocycles. The van der Waals surface area contributed by atoms with Gasteiger partial charge in [0, 0.05) is 18.5 Å². The van der Waals surface area contributed by atoms with Crippen LogP contribution in [0.25, 0.3) is 0 Å². The number of benzene rings is 1. The van der Waals surface area contributed by atoms with E-state index in [-0.39, 0.29) is 35.3 Å². The molecule has 0 aliphatic carbocycles. The van der Waals surface area contributed by atoms with Crippen molar-refractivity contribution in [3.8, 4) is 17.2 Å². The second kappa shape index (κ2) is 10.9. The van der Waals surface area contributed by atoms with Crippen LogP contribution in [0.3, 0.4) is 0 Å². The monoisotopic (exact) mass is 423 g/mol. The number of rotatable bonds is 10. The number of hydrogen-bond acceptors (Lipinski definition) is 9. The number of ether oxygens (including phenoxy) is 3. The molecule has 0 fully saturated rings. The first-order chi connectivity index (χ1) is 14.4. The largest absolute Gasteiger partial charge is 0.494 e. The van der Waals surface area contributed by atoms with E-state index in [0.29, 0.717) is 5.70 Å². The molecular formula is C19H23F2N5O4. The molecule has 1 atom stereocenters. The summed E-state index contributed by atoms with van der Waals surface area (Å²) >= 11 is 0. The lowest BCUT2D eigenvalue weighted by atomic mass is 10.1. The summed E-state index contributed by atoms with van der Waals surface area (Å²) < 4.78 is 43.9. The van der Waals surface area contributed by atoms with Crippen LogP contribution < -0.4 is 25.3 Å². The van der Waals surface area contributed by atoms with Gasteiger partial charge in [0.05, 0.1) is 50.5 Å². The van der Waals surface area contributed by atoms with Crippen molar-refractivity contribution >= 4 is 12.2 Å². The van der Waals surface area contributed by atoms with Crippen LogP contribution in [0.2, 0.25) is 0 Å². The Balaban J connectivity index is 2.06. The van der Waals surface area contributed by atoms with Gasteiger partial charge in [0.15, 0.2) is 28.9 Å². The number of nitrogens with one attached hydrogen (secondary N) is 1. The molecule has 0 radical (unpaired) electrons. The number of nitrogens with two attached hydrogens (primary N) is 1. The Bertz CT molecular complexity index is 877. The Labute approximate surface area is 172 Å². The Kier molecular flexibility index (Phi) is 8.29. The third kappa shape index (κ3) is 6.01. The molecule has 2 rings (SSSR count). The van der Waals surface area contributed by atoms with Crippen molar-refractivity contribution < 1.29 is 28.1 Å². The molecule has 2 aromatic rings. The minimum absolute atomic E-state index is 0.166. The van der Waals surface area contributed by atoms with Crippen molar-refractivity contribution in [3.05, 3.63) is 47.6 Å². The number of aromatic nitrogens is 2. The molecule has 0 aliphatic rings. The van der Waals surface area contributed by atoms with E-state index >= 15 is 0 Å². The van der Waals surface area contributed by atoms with Crippen molar-refractivity contribution in [2.45, 2.75) is 19.6 Å². The first-order valence-corrected chi connectivity index (χ1v) is 8.80. The maximum absolute atomic E-state index is 14.4. The number of aliphatic hydroxyl groups excluding tert-OH is 1. The molecule has 0 saturated heterocycles. The number of anilines is 1. The number of aliphatic hydroxyl groups is 1. The average Bonchev–Trinajstić information content (AvgIpc) is 2.74. The highest BCUT2D eigenvalue weighted by Crippen LogP contribution is 2.31. The zero-order valence-corrected chi connectivity index (χ0v) is 16.7. The van der Waals surface area contributed by atoms with Crippen LogP contribution in [0, 0.1) is 11.6 Å². The zero-order chi connectivity index (χ0) is 22.1. The van der Waals surface area contributed by atoms with Crippen LogP contribution in [0.1, 0.15) is 12.5 Å². The van der Waals surface area contributed by atoms with Crippen molar-refractivity contribution in [3.63, 3.8) is 0 Å². The molecule has 9 nitrogen and oxygen atoms in total. The summed E-state index contributed by atoms with van der Waals surface area (Å²) in [6.07, 6.45) is 4.77. The van der Waals surface area contributed by atoms with E-state index in [9.17, 15) is 13.9 Å². The normalized spacial score (nSPS) is 12.7. The molecule has 1 aromatic carbocycles. The van der Waals surface area contributed by atoms with Crippen LogP contribution in [-0.4, -0.2) is 48.2 Å². The molecule has 162 valence electrons. The third-order valence-electron chi connectivity index (χ3n) is 3.71. The highest BCUT2D eigenvalue weighted by Gasteiger charge is 2.20. The van der Waals surface area contributed by atoms with E-state index in [2.05, 4.69) is 20.3 Å². The van der Waals surface area contributed by atoms with Gasteiger partial charge in [-0.15, -0.1) is 0 Å². The van der Waals surface area contributed by atoms with Crippen molar-refractivity contribution in [1.82, 2.24) is 9.97 Å². The van der Waals surface area contributed by atoms with Gasteiger partial charge in [-0.3, -0.25) is 4.99 Å². The Morgan fingerprint density at radius 2 is 1.83 bits per heavy atom. The van der Waals surface area contributed by atoms with Gasteiger partial charge in [0.2, 0.25) is 5.95 Å². The molecule has 30 heavy (non-hydrogen) atoms. The van der Waals surface area contributed by atoms with Crippen LogP contribution in [-0.2, 0) is 6.61 Å². The number of nitrogens with zero attached hydrogens (tertiary/aromatic N) is 3. The summed E-state index contributed by atoms with van der Waals surface area (Å²) in [4.78, 5) is 12.1. The lowest BCUT2D eigenvalue weighted by Crippen LogP contribution is -2.09. The Hall–Kier alpha value is -3.47. The molecule has 11 heteroatoms. The summed E-state index contributed by atoms with van der Waals surface area (Å²) in [5.74, 6) is -1.72. The van der Waals surface area contributed by atoms with Gasteiger partial charge in [-0.2, -0.15) is 0 Å². The maximum atomic E-state index is 14.4. The van der Waals surface area contributed by atoms with Gasteiger partial charge >= 0.3 is 0 Å². The molecule has 1 aromatic heterocycles. The molecule has 0 bridgehead atoms. The van der Waals surface area contributed by atoms with Crippen molar-refractivity contribution in [1.29, 1.82) is 0 Å². The highest BCUT2D eigenvalue weighted by atomic mass is 19.1. The predicted octanol–water partition coefficient (Wildman–Crippen LogP) is 2.01. The molecular weight excluding hydrogens is 400 g/mol. The topological polar surface area (TPSA) is 124 Å². The number of allylic oxidation sites excluding steroid dienone is 1. The average molecular weight is 423 g/mol. The fourth-order valence-corrected chi connectivity index (χ4v) is 2.22. The smallest absolute Gasteiger partial charge is 0.227 e. The second-order valence-electron chi connectivity index (χ2n) is 6.01. The SMILES string of the molecule is COc1cc(OC)c(F)c(COc2cnc(NC(C=NC[C@@H](C)O)=CN)nc2)c1F. The molecule has 0 aliphatic heterocycles. The number of methoxy groups -OCH3 is 2. The fraction of sp³-hybridized carbons (Fsp3) is 0.316. The van der Waals surface area contributed by atoms with Crippen LogP contribution in [0.15, 0.2) is 35.3 Å². The van der Waals surface area contributed by atoms with E-state index < -0.39 is 24.3 Å². The number of halogens is 2. The molecule has 0 unspecified atom stereocenters. The lowest BCUT2D eigenvalue weighted by Gasteiger charge is -2.13. The van der Waals surface area contributed by atoms with E-state index in [1.807, 2.05) is 0 Å². The van der Waals surface area contributed by atoms with Crippen LogP contribution in [0.4, 0.5) is 14.7 Å². The predicted molar refractivity (Wildman–Crippen MR) is 107 cm³/mol. The van der Waals surface area contributed by atoms with Crippen molar-refractivity contribution in [2.75, 3.05) is 26.1 Å². The minimum Gasteiger partial charge on any atom is -0.494 e. The highest BCUT2D eigenvalue weighted by molar-refractivity contribution is 5.82. The Morgan fingerprint density at radius 1 is 1.23 bits per heavy atom. The van der Waals surface area contributed by atoms with Gasteiger partial charge in [-0.05, 0) is 6.92 Å². The standard InChI is InChI=1S/C19H23F2N5O4/c1-11(27)6-23-7-12(5-22)26-19-24-8-13(9-25-19)30-10-14-17(20)15(28-2)4-16(29-3)18(14)21/h4-5,7-9,11,27H,6,10,22H2,1-3H3,(H,24,25,26)/t11-/m1/s1. The summed E-state index contributed by atoms with van der Waals surface area (Å²) in [6.45, 7) is 1.40.